The normalized spacial score (nSPS) is 12.8. The van der Waals surface area contributed by atoms with Crippen molar-refractivity contribution in [3.05, 3.63) is 59.9 Å². The molecule has 0 amide bonds. The maximum absolute atomic E-state index is 3.21. The van der Waals surface area contributed by atoms with E-state index in [1.54, 1.807) is 0 Å². The number of aromatic nitrogens is 1. The number of aromatic amines is 1. The monoisotopic (exact) mass is 205 g/mol. The van der Waals surface area contributed by atoms with Crippen LogP contribution in [0.5, 0.6) is 0 Å². The molecule has 0 saturated heterocycles. The zero-order valence-corrected chi connectivity index (χ0v) is 8.83. The molecule has 76 valence electrons. The molecule has 0 fully saturated rings. The third-order valence-electron chi connectivity index (χ3n) is 3.50. The van der Waals surface area contributed by atoms with Crippen molar-refractivity contribution in [2.75, 3.05) is 0 Å². The van der Waals surface area contributed by atoms with Crippen molar-refractivity contribution in [1.29, 1.82) is 0 Å². The Labute approximate surface area is 93.7 Å². The van der Waals surface area contributed by atoms with E-state index >= 15 is 0 Å². The fraction of sp³-hybridized carbons (Fsp3) is 0.0667. The van der Waals surface area contributed by atoms with E-state index in [1.807, 2.05) is 0 Å². The Morgan fingerprint density at radius 3 is 2.81 bits per heavy atom. The molecule has 0 aliphatic heterocycles. The Morgan fingerprint density at radius 2 is 1.81 bits per heavy atom. The quantitative estimate of drug-likeness (QED) is 0.450. The Kier molecular flexibility index (Phi) is 1.41. The van der Waals surface area contributed by atoms with E-state index in [0.29, 0.717) is 0 Å². The van der Waals surface area contributed by atoms with Gasteiger partial charge in [0.05, 0.1) is 0 Å². The zero-order chi connectivity index (χ0) is 10.5. The van der Waals surface area contributed by atoms with Gasteiger partial charge in [0.25, 0.3) is 0 Å². The molecule has 2 aromatic carbocycles. The van der Waals surface area contributed by atoms with Crippen LogP contribution in [-0.4, -0.2) is 4.98 Å². The van der Waals surface area contributed by atoms with Gasteiger partial charge >= 0.3 is 0 Å². The van der Waals surface area contributed by atoms with Crippen LogP contribution >= 0.6 is 0 Å². The molecular weight excluding hydrogens is 194 g/mol. The highest BCUT2D eigenvalue weighted by molar-refractivity contribution is 6.00. The lowest BCUT2D eigenvalue weighted by Gasteiger charge is -2.05. The summed E-state index contributed by atoms with van der Waals surface area (Å²) in [5.41, 5.74) is 5.69. The average Bonchev–Trinajstić information content (AvgIpc) is 2.88. The van der Waals surface area contributed by atoms with Crippen LogP contribution in [-0.2, 0) is 6.42 Å². The first-order chi connectivity index (χ1) is 7.93. The van der Waals surface area contributed by atoms with Crippen molar-refractivity contribution in [3.8, 4) is 11.1 Å². The van der Waals surface area contributed by atoms with Crippen LogP contribution in [0, 0.1) is 0 Å². The van der Waals surface area contributed by atoms with Gasteiger partial charge in [0.2, 0.25) is 0 Å². The molecule has 0 saturated carbocycles. The fourth-order valence-electron chi connectivity index (χ4n) is 2.76. The minimum absolute atomic E-state index is 1.07. The van der Waals surface area contributed by atoms with Gasteiger partial charge in [0.15, 0.2) is 0 Å². The number of H-pyrrole nitrogens is 1. The van der Waals surface area contributed by atoms with Crippen LogP contribution in [0.1, 0.15) is 11.1 Å². The van der Waals surface area contributed by atoms with E-state index in [0.717, 1.165) is 6.42 Å². The second-order valence-electron chi connectivity index (χ2n) is 4.39. The van der Waals surface area contributed by atoms with E-state index in [-0.39, 0.29) is 0 Å². The topological polar surface area (TPSA) is 15.8 Å². The number of rotatable bonds is 0. The molecule has 4 rings (SSSR count). The Morgan fingerprint density at radius 1 is 0.875 bits per heavy atom. The second kappa shape index (κ2) is 2.76. The first-order valence-electron chi connectivity index (χ1n) is 5.60. The van der Waals surface area contributed by atoms with E-state index in [4.69, 9.17) is 0 Å². The summed E-state index contributed by atoms with van der Waals surface area (Å²) in [6.07, 6.45) is 5.30. The number of nitrogens with one attached hydrogen (secondary N) is 1. The molecule has 1 N–H and O–H groups in total. The summed E-state index contributed by atoms with van der Waals surface area (Å²) >= 11 is 0. The molecule has 0 unspecified atom stereocenters. The lowest BCUT2D eigenvalue weighted by molar-refractivity contribution is 1.24. The maximum atomic E-state index is 3.21. The molecule has 0 atom stereocenters. The van der Waals surface area contributed by atoms with Crippen molar-refractivity contribution in [3.63, 3.8) is 0 Å². The van der Waals surface area contributed by atoms with Gasteiger partial charge in [-0.3, -0.25) is 0 Å². The molecule has 3 aromatic rings. The summed E-state index contributed by atoms with van der Waals surface area (Å²) in [6.45, 7) is 0. The molecule has 0 spiro atoms. The Bertz CT molecular complexity index is 691. The van der Waals surface area contributed by atoms with E-state index in [2.05, 4.69) is 53.8 Å². The molecule has 1 heteroatoms. The zero-order valence-electron chi connectivity index (χ0n) is 8.83. The largest absolute Gasteiger partial charge is 0.367 e. The summed E-state index contributed by atoms with van der Waals surface area (Å²) in [4.78, 5) is 3.21. The van der Waals surface area contributed by atoms with E-state index < -0.39 is 0 Å². The third kappa shape index (κ3) is 0.904. The maximum Gasteiger partial charge on any atom is 0.00874 e. The fourth-order valence-corrected chi connectivity index (χ4v) is 2.76. The summed E-state index contributed by atoms with van der Waals surface area (Å²) in [7, 11) is 0. The van der Waals surface area contributed by atoms with E-state index in [9.17, 15) is 0 Å². The summed E-state index contributed by atoms with van der Waals surface area (Å²) < 4.78 is 0. The van der Waals surface area contributed by atoms with Gasteiger partial charge < -0.3 is 4.98 Å². The van der Waals surface area contributed by atoms with Crippen molar-refractivity contribution in [2.24, 2.45) is 0 Å². The first kappa shape index (κ1) is 8.17. The molecule has 16 heavy (non-hydrogen) atoms. The Hall–Kier alpha value is -2.02. The molecule has 1 aliphatic rings. The molecule has 1 heterocycles. The average molecular weight is 205 g/mol. The molecule has 0 radical (unpaired) electrons. The predicted molar refractivity (Wildman–Crippen MR) is 66.5 cm³/mol. The summed E-state index contributed by atoms with van der Waals surface area (Å²) in [5, 5.41) is 2.70. The van der Waals surface area contributed by atoms with Crippen LogP contribution in [0.4, 0.5) is 0 Å². The van der Waals surface area contributed by atoms with Crippen LogP contribution in [0.3, 0.4) is 0 Å². The first-order valence-corrected chi connectivity index (χ1v) is 5.60. The van der Waals surface area contributed by atoms with Crippen molar-refractivity contribution in [2.45, 2.75) is 6.42 Å². The van der Waals surface area contributed by atoms with Crippen LogP contribution in [0.2, 0.25) is 0 Å². The smallest absolute Gasteiger partial charge is 0.00874 e. The second-order valence-corrected chi connectivity index (χ2v) is 4.39. The van der Waals surface area contributed by atoms with Crippen LogP contribution < -0.4 is 0 Å². The summed E-state index contributed by atoms with van der Waals surface area (Å²) in [6, 6.07) is 13.1. The molecule has 1 nitrogen and oxygen atoms in total. The molecule has 1 aliphatic carbocycles. The lowest BCUT2D eigenvalue weighted by Crippen LogP contribution is -1.82. The highest BCUT2D eigenvalue weighted by Crippen LogP contribution is 2.40. The third-order valence-corrected chi connectivity index (χ3v) is 3.50. The van der Waals surface area contributed by atoms with Crippen LogP contribution in [0.15, 0.2) is 48.8 Å². The van der Waals surface area contributed by atoms with Gasteiger partial charge in [0, 0.05) is 24.4 Å². The minimum atomic E-state index is 1.07. The summed E-state index contributed by atoms with van der Waals surface area (Å²) in [5.74, 6) is 0. The van der Waals surface area contributed by atoms with Gasteiger partial charge in [-0.15, -0.1) is 0 Å². The Balaban J connectivity index is 2.20. The number of benzene rings is 2. The standard InChI is InChI=1S/C15H11N/c1-2-4-13-10(3-1)5-6-11-7-12-8-16-9-14(12)15(11)13/h1-6,8-9,16H,7H2. The van der Waals surface area contributed by atoms with Crippen molar-refractivity contribution < 1.29 is 0 Å². The lowest BCUT2D eigenvalue weighted by atomic mass is 9.99. The van der Waals surface area contributed by atoms with Gasteiger partial charge in [-0.05, 0) is 27.5 Å². The number of fused-ring (bicyclic) bond motifs is 5. The highest BCUT2D eigenvalue weighted by atomic mass is 14.6. The van der Waals surface area contributed by atoms with Gasteiger partial charge in [0.1, 0.15) is 0 Å². The molecular formula is C15H11N. The predicted octanol–water partition coefficient (Wildman–Crippen LogP) is 3.74. The van der Waals surface area contributed by atoms with Crippen molar-refractivity contribution >= 4 is 10.8 Å². The number of hydrogen-bond acceptors (Lipinski definition) is 0. The number of hydrogen-bond donors (Lipinski definition) is 1. The van der Waals surface area contributed by atoms with E-state index in [1.165, 1.54) is 33.0 Å². The van der Waals surface area contributed by atoms with Crippen LogP contribution in [0.25, 0.3) is 21.9 Å². The van der Waals surface area contributed by atoms with Gasteiger partial charge in [-0.2, -0.15) is 0 Å². The van der Waals surface area contributed by atoms with Crippen molar-refractivity contribution in [1.82, 2.24) is 4.98 Å². The SMILES string of the molecule is c1ccc2c3c(ccc2c1)Cc1c[nH]cc1-3. The van der Waals surface area contributed by atoms with Gasteiger partial charge in [-0.1, -0.05) is 36.4 Å². The minimum Gasteiger partial charge on any atom is -0.367 e. The molecule has 0 bridgehead atoms. The highest BCUT2D eigenvalue weighted by Gasteiger charge is 2.20. The molecule has 1 aromatic heterocycles. The van der Waals surface area contributed by atoms with Gasteiger partial charge in [-0.25, -0.2) is 0 Å².